The Morgan fingerprint density at radius 1 is 1.02 bits per heavy atom. The third kappa shape index (κ3) is 7.31. The smallest absolute Gasteiger partial charge is 0.440 e. The lowest BCUT2D eigenvalue weighted by Gasteiger charge is -2.23. The van der Waals surface area contributed by atoms with Gasteiger partial charge in [-0.05, 0) is 85.8 Å². The van der Waals surface area contributed by atoms with Gasteiger partial charge in [0.2, 0.25) is 0 Å². The van der Waals surface area contributed by atoms with E-state index in [0.717, 1.165) is 4.90 Å². The van der Waals surface area contributed by atoms with E-state index in [1.165, 1.54) is 54.5 Å². The number of fused-ring (bicyclic) bond motifs is 1. The zero-order chi connectivity index (χ0) is 32.0. The van der Waals surface area contributed by atoms with Crippen molar-refractivity contribution in [2.75, 3.05) is 14.2 Å². The number of rotatable bonds is 11. The average Bonchev–Trinajstić information content (AvgIpc) is 3.43. The van der Waals surface area contributed by atoms with Gasteiger partial charge >= 0.3 is 13.6 Å². The number of amides is 1. The molecular weight excluding hydrogens is 616 g/mol. The van der Waals surface area contributed by atoms with Crippen LogP contribution in [0.15, 0.2) is 101 Å². The highest BCUT2D eigenvalue weighted by Crippen LogP contribution is 2.48. The van der Waals surface area contributed by atoms with Crippen molar-refractivity contribution in [2.24, 2.45) is 0 Å². The van der Waals surface area contributed by atoms with Gasteiger partial charge in [-0.3, -0.25) is 14.6 Å². The Labute approximate surface area is 263 Å². The van der Waals surface area contributed by atoms with Crippen LogP contribution in [-0.2, 0) is 14.1 Å². The van der Waals surface area contributed by atoms with Crippen molar-refractivity contribution in [2.45, 2.75) is 22.8 Å². The summed E-state index contributed by atoms with van der Waals surface area (Å²) in [6, 6.07) is 22.1. The summed E-state index contributed by atoms with van der Waals surface area (Å²) in [4.78, 5) is 30.7. The van der Waals surface area contributed by atoms with E-state index in [2.05, 4.69) is 20.5 Å². The molecule has 0 aliphatic heterocycles. The molecule has 0 bridgehead atoms. The van der Waals surface area contributed by atoms with Crippen LogP contribution >= 0.6 is 19.4 Å². The molecule has 45 heavy (non-hydrogen) atoms. The largest absolute Gasteiger partial charge is 0.468 e. The van der Waals surface area contributed by atoms with Crippen LogP contribution in [0.2, 0.25) is 0 Å². The van der Waals surface area contributed by atoms with Crippen molar-refractivity contribution < 1.29 is 27.8 Å². The van der Waals surface area contributed by atoms with Crippen molar-refractivity contribution in [3.63, 3.8) is 0 Å². The second-order valence-corrected chi connectivity index (χ2v) is 12.6. The molecular formula is C32H29FN5O5PS. The summed E-state index contributed by atoms with van der Waals surface area (Å²) in [5.41, 5.74) is 2.04. The van der Waals surface area contributed by atoms with E-state index in [1.807, 2.05) is 36.4 Å². The summed E-state index contributed by atoms with van der Waals surface area (Å²) in [6.07, 6.45) is 5.17. The fraction of sp³-hybridized carbons (Fsp3) is 0.125. The molecule has 1 amide bonds. The molecule has 2 heterocycles. The molecule has 0 aliphatic rings. The monoisotopic (exact) mass is 645 g/mol. The number of nitrogens with zero attached hydrogens (tertiary/aromatic N) is 3. The first-order valence-corrected chi connectivity index (χ1v) is 16.1. The Bertz CT molecular complexity index is 1920. The van der Waals surface area contributed by atoms with Gasteiger partial charge < -0.3 is 14.6 Å². The number of ether oxygens (including phenoxy) is 1. The number of aromatic nitrogens is 3. The quantitative estimate of drug-likeness (QED) is 0.123. The van der Waals surface area contributed by atoms with Crippen LogP contribution in [0.5, 0.6) is 5.75 Å². The lowest BCUT2D eigenvalue weighted by atomic mass is 10.2. The van der Waals surface area contributed by atoms with E-state index in [1.54, 1.807) is 49.7 Å². The van der Waals surface area contributed by atoms with Crippen molar-refractivity contribution in [1.29, 1.82) is 0 Å². The number of benzene rings is 3. The summed E-state index contributed by atoms with van der Waals surface area (Å²) in [7, 11) is -1.49. The zero-order valence-corrected chi connectivity index (χ0v) is 26.2. The third-order valence-corrected chi connectivity index (χ3v) is 9.59. The summed E-state index contributed by atoms with van der Waals surface area (Å²) in [5.74, 6) is -1.32. The topological polar surface area (TPSA) is 124 Å². The van der Waals surface area contributed by atoms with Crippen LogP contribution in [0.4, 0.5) is 4.39 Å². The molecule has 0 fully saturated rings. The van der Waals surface area contributed by atoms with Crippen LogP contribution in [-0.4, -0.2) is 46.6 Å². The van der Waals surface area contributed by atoms with Gasteiger partial charge in [0.15, 0.2) is 0 Å². The number of methoxy groups -OCH3 is 1. The van der Waals surface area contributed by atoms with Gasteiger partial charge in [-0.15, -0.1) is 0 Å². The molecule has 2 atom stereocenters. The molecule has 2 unspecified atom stereocenters. The number of pyridine rings is 1. The van der Waals surface area contributed by atoms with E-state index in [4.69, 9.17) is 9.26 Å². The first-order chi connectivity index (χ1) is 21.7. The maximum absolute atomic E-state index is 14.8. The van der Waals surface area contributed by atoms with Crippen LogP contribution in [0, 0.1) is 5.82 Å². The van der Waals surface area contributed by atoms with E-state index in [0.29, 0.717) is 32.7 Å². The maximum atomic E-state index is 14.8. The molecule has 5 aromatic rings. The van der Waals surface area contributed by atoms with Crippen molar-refractivity contribution in [3.8, 4) is 5.75 Å². The molecule has 230 valence electrons. The second kappa shape index (κ2) is 13.9. The van der Waals surface area contributed by atoms with Crippen molar-refractivity contribution in [3.05, 3.63) is 114 Å². The van der Waals surface area contributed by atoms with Gasteiger partial charge in [0, 0.05) is 28.4 Å². The van der Waals surface area contributed by atoms with Crippen LogP contribution < -0.4 is 14.9 Å². The minimum atomic E-state index is -4.28. The first kappa shape index (κ1) is 31.6. The molecule has 10 nitrogen and oxygen atoms in total. The molecule has 5 rings (SSSR count). The van der Waals surface area contributed by atoms with Gasteiger partial charge in [0.25, 0.3) is 5.91 Å². The number of nitrogens with one attached hydrogen (secondary N) is 2. The van der Waals surface area contributed by atoms with Crippen LogP contribution in [0.1, 0.15) is 28.7 Å². The predicted octanol–water partition coefficient (Wildman–Crippen LogP) is 6.44. The van der Waals surface area contributed by atoms with E-state index < -0.39 is 25.5 Å². The molecule has 0 saturated carbocycles. The third-order valence-electron chi connectivity index (χ3n) is 6.55. The SMILES string of the molecule is CNC(=O)c1ccccc1Sc1ccc2c(/C=C/c3ccccn3)nn(P(=O)(NC(C)C(=O)OC)Oc3ccc(F)cc3)c2c1. The minimum absolute atomic E-state index is 0.0866. The summed E-state index contributed by atoms with van der Waals surface area (Å²) in [5, 5.41) is 10.7. The Morgan fingerprint density at radius 3 is 2.49 bits per heavy atom. The van der Waals surface area contributed by atoms with Gasteiger partial charge in [-0.2, -0.15) is 9.55 Å². The number of carbonyl (C=O) groups is 2. The highest BCUT2D eigenvalue weighted by Gasteiger charge is 2.36. The summed E-state index contributed by atoms with van der Waals surface area (Å²) < 4.78 is 40.6. The summed E-state index contributed by atoms with van der Waals surface area (Å²) >= 11 is 1.34. The van der Waals surface area contributed by atoms with E-state index >= 15 is 0 Å². The van der Waals surface area contributed by atoms with Crippen LogP contribution in [0.25, 0.3) is 23.1 Å². The van der Waals surface area contributed by atoms with Gasteiger partial charge in [-0.1, -0.05) is 30.0 Å². The molecule has 13 heteroatoms. The molecule has 2 aromatic heterocycles. The Balaban J connectivity index is 1.67. The van der Waals surface area contributed by atoms with Gasteiger partial charge in [0.1, 0.15) is 17.6 Å². The fourth-order valence-corrected chi connectivity index (χ4v) is 7.25. The van der Waals surface area contributed by atoms with E-state index in [-0.39, 0.29) is 11.7 Å². The highest BCUT2D eigenvalue weighted by molar-refractivity contribution is 7.99. The molecule has 2 N–H and O–H groups in total. The Morgan fingerprint density at radius 2 is 1.78 bits per heavy atom. The normalized spacial score (nSPS) is 13.3. The lowest BCUT2D eigenvalue weighted by molar-refractivity contribution is -0.142. The van der Waals surface area contributed by atoms with Crippen LogP contribution in [0.3, 0.4) is 0 Å². The van der Waals surface area contributed by atoms with Crippen molar-refractivity contribution >= 4 is 54.4 Å². The number of hydrogen-bond acceptors (Lipinski definition) is 8. The minimum Gasteiger partial charge on any atom is -0.468 e. The fourth-order valence-electron chi connectivity index (χ4n) is 4.37. The lowest BCUT2D eigenvalue weighted by Crippen LogP contribution is -2.36. The zero-order valence-electron chi connectivity index (χ0n) is 24.5. The number of hydrogen-bond donors (Lipinski definition) is 2. The highest BCUT2D eigenvalue weighted by atomic mass is 32.2. The standard InChI is InChI=1S/C32H29FN5O5PS/c1-21(32(40)42-3)37-44(41,43-24-14-11-22(33)12-15-24)38-29-20-25(45-30-10-5-4-9-27(30)31(39)34-2)16-17-26(29)28(36-38)18-13-23-8-6-7-19-35-23/h4-21H,1-3H3,(H,34,39)(H,37,41)/b18-13+. The molecule has 0 aliphatic carbocycles. The van der Waals surface area contributed by atoms with E-state index in [9.17, 15) is 18.5 Å². The molecule has 3 aromatic carbocycles. The van der Waals surface area contributed by atoms with Crippen molar-refractivity contribution in [1.82, 2.24) is 24.9 Å². The molecule has 0 saturated heterocycles. The Kier molecular flexibility index (Phi) is 9.77. The number of esters is 1. The summed E-state index contributed by atoms with van der Waals surface area (Å²) in [6.45, 7) is 1.48. The van der Waals surface area contributed by atoms with Gasteiger partial charge in [0.05, 0.1) is 29.6 Å². The Hall–Kier alpha value is -4.77. The average molecular weight is 646 g/mol. The first-order valence-electron chi connectivity index (χ1n) is 13.7. The number of carbonyl (C=O) groups excluding carboxylic acids is 2. The van der Waals surface area contributed by atoms with Gasteiger partial charge in [-0.25, -0.2) is 14.0 Å². The number of halogens is 1. The molecule has 0 spiro atoms. The maximum Gasteiger partial charge on any atom is 0.440 e. The predicted molar refractivity (Wildman–Crippen MR) is 171 cm³/mol. The molecule has 0 radical (unpaired) electrons. The second-order valence-electron chi connectivity index (χ2n) is 9.66.